The molecule has 0 saturated heterocycles. The van der Waals surface area contributed by atoms with Crippen LogP contribution in [0.4, 0.5) is 0 Å². The summed E-state index contributed by atoms with van der Waals surface area (Å²) in [6.07, 6.45) is 2.90. The molecule has 3 nitrogen and oxygen atoms in total. The highest BCUT2D eigenvalue weighted by Gasteiger charge is 2.07. The molecule has 4 heteroatoms. The summed E-state index contributed by atoms with van der Waals surface area (Å²) in [6, 6.07) is 5.53. The summed E-state index contributed by atoms with van der Waals surface area (Å²) >= 11 is 1.67. The molecule has 0 amide bonds. The molecule has 0 saturated carbocycles. The van der Waals surface area contributed by atoms with Crippen molar-refractivity contribution in [2.75, 3.05) is 12.4 Å². The first-order valence-corrected chi connectivity index (χ1v) is 6.71. The van der Waals surface area contributed by atoms with Gasteiger partial charge < -0.3 is 10.2 Å². The van der Waals surface area contributed by atoms with Crippen molar-refractivity contribution < 1.29 is 15.0 Å². The minimum absolute atomic E-state index is 0.248. The van der Waals surface area contributed by atoms with Crippen molar-refractivity contribution in [2.45, 2.75) is 31.1 Å². The Balaban J connectivity index is 2.49. The molecule has 0 unspecified atom stereocenters. The van der Waals surface area contributed by atoms with Crippen molar-refractivity contribution in [2.24, 2.45) is 0 Å². The lowest BCUT2D eigenvalue weighted by Gasteiger charge is -2.05. The number of carbonyl (C=O) groups is 1. The van der Waals surface area contributed by atoms with Gasteiger partial charge in [0.2, 0.25) is 0 Å². The average Bonchev–Trinajstić information content (AvgIpc) is 2.30. The van der Waals surface area contributed by atoms with Crippen LogP contribution in [0.2, 0.25) is 0 Å². The number of hydrogen-bond donors (Lipinski definition) is 2. The molecular weight excluding hydrogens is 236 g/mol. The van der Waals surface area contributed by atoms with Crippen LogP contribution in [0.15, 0.2) is 23.1 Å². The Labute approximate surface area is 106 Å². The highest BCUT2D eigenvalue weighted by Crippen LogP contribution is 2.22. The highest BCUT2D eigenvalue weighted by atomic mass is 32.2. The predicted octanol–water partition coefficient (Wildman–Crippen LogP) is 2.95. The second-order valence-electron chi connectivity index (χ2n) is 3.91. The molecule has 0 aliphatic carbocycles. The topological polar surface area (TPSA) is 57.5 Å². The van der Waals surface area contributed by atoms with E-state index in [1.54, 1.807) is 24.8 Å². The van der Waals surface area contributed by atoms with Gasteiger partial charge in [-0.3, -0.25) is 0 Å². The lowest BCUT2D eigenvalue weighted by molar-refractivity contribution is 0.0696. The maximum atomic E-state index is 11.0. The van der Waals surface area contributed by atoms with Gasteiger partial charge >= 0.3 is 5.97 Å². The van der Waals surface area contributed by atoms with Gasteiger partial charge in [-0.15, -0.1) is 11.8 Å². The minimum Gasteiger partial charge on any atom is -0.478 e. The zero-order chi connectivity index (χ0) is 12.7. The molecule has 94 valence electrons. The quantitative estimate of drug-likeness (QED) is 0.580. The first kappa shape index (κ1) is 14.1. The number of rotatable bonds is 7. The standard InChI is InChI=1S/C13H18O3S/c1-10-5-6-11(9-12(10)13(15)16)17-8-4-2-3-7-14/h5-6,9,14H,2-4,7-8H2,1H3,(H,15,16). The third-order valence-electron chi connectivity index (χ3n) is 2.51. The van der Waals surface area contributed by atoms with E-state index in [1.165, 1.54) is 0 Å². The normalized spacial score (nSPS) is 10.5. The summed E-state index contributed by atoms with van der Waals surface area (Å²) in [5, 5.41) is 17.6. The van der Waals surface area contributed by atoms with Gasteiger partial charge in [0.25, 0.3) is 0 Å². The molecule has 0 fully saturated rings. The van der Waals surface area contributed by atoms with Crippen LogP contribution in [0.3, 0.4) is 0 Å². The van der Waals surface area contributed by atoms with E-state index in [1.807, 2.05) is 12.1 Å². The first-order valence-electron chi connectivity index (χ1n) is 5.72. The lowest BCUT2D eigenvalue weighted by atomic mass is 10.1. The first-order chi connectivity index (χ1) is 8.15. The van der Waals surface area contributed by atoms with Crippen LogP contribution >= 0.6 is 11.8 Å². The minimum atomic E-state index is -0.870. The molecule has 2 N–H and O–H groups in total. The van der Waals surface area contributed by atoms with Gasteiger partial charge in [0.1, 0.15) is 0 Å². The maximum Gasteiger partial charge on any atom is 0.335 e. The molecule has 17 heavy (non-hydrogen) atoms. The zero-order valence-corrected chi connectivity index (χ0v) is 10.8. The fourth-order valence-electron chi connectivity index (χ4n) is 1.50. The number of hydrogen-bond acceptors (Lipinski definition) is 3. The summed E-state index contributed by atoms with van der Waals surface area (Å²) in [4.78, 5) is 11.9. The smallest absolute Gasteiger partial charge is 0.335 e. The van der Waals surface area contributed by atoms with Crippen molar-refractivity contribution >= 4 is 17.7 Å². The van der Waals surface area contributed by atoms with Gasteiger partial charge in [-0.1, -0.05) is 12.5 Å². The fourth-order valence-corrected chi connectivity index (χ4v) is 2.45. The van der Waals surface area contributed by atoms with Crippen molar-refractivity contribution in [1.29, 1.82) is 0 Å². The van der Waals surface area contributed by atoms with Crippen molar-refractivity contribution in [3.8, 4) is 0 Å². The van der Waals surface area contributed by atoms with Gasteiger partial charge in [-0.05, 0) is 43.2 Å². The predicted molar refractivity (Wildman–Crippen MR) is 69.8 cm³/mol. The van der Waals surface area contributed by atoms with Gasteiger partial charge in [0, 0.05) is 11.5 Å². The number of aryl methyl sites for hydroxylation is 1. The number of benzene rings is 1. The number of carboxylic acid groups (broad SMARTS) is 1. The number of aliphatic hydroxyl groups is 1. The molecular formula is C13H18O3S. The second-order valence-corrected chi connectivity index (χ2v) is 5.08. The van der Waals surface area contributed by atoms with Crippen LogP contribution in [0.5, 0.6) is 0 Å². The second kappa shape index (κ2) is 7.35. The molecule has 0 aromatic heterocycles. The highest BCUT2D eigenvalue weighted by molar-refractivity contribution is 7.99. The van der Waals surface area contributed by atoms with E-state index >= 15 is 0 Å². The molecule has 1 rings (SSSR count). The Morgan fingerprint density at radius 2 is 2.06 bits per heavy atom. The maximum absolute atomic E-state index is 11.0. The summed E-state index contributed by atoms with van der Waals surface area (Å²) in [6.45, 7) is 2.05. The van der Waals surface area contributed by atoms with Crippen LogP contribution in [-0.2, 0) is 0 Å². The Bertz CT molecular complexity index is 377. The van der Waals surface area contributed by atoms with Crippen LogP contribution < -0.4 is 0 Å². The van der Waals surface area contributed by atoms with Gasteiger partial charge in [0.15, 0.2) is 0 Å². The Kier molecular flexibility index (Phi) is 6.08. The molecule has 0 aliphatic rings. The van der Waals surface area contributed by atoms with Gasteiger partial charge in [-0.2, -0.15) is 0 Å². The molecule has 0 spiro atoms. The zero-order valence-electron chi connectivity index (χ0n) is 9.98. The summed E-state index contributed by atoms with van der Waals surface area (Å²) in [7, 11) is 0. The van der Waals surface area contributed by atoms with E-state index in [9.17, 15) is 4.79 Å². The van der Waals surface area contributed by atoms with E-state index < -0.39 is 5.97 Å². The Morgan fingerprint density at radius 3 is 2.71 bits per heavy atom. The van der Waals surface area contributed by atoms with Crippen LogP contribution in [0, 0.1) is 6.92 Å². The molecule has 1 aromatic rings. The fraction of sp³-hybridized carbons (Fsp3) is 0.462. The van der Waals surface area contributed by atoms with Crippen molar-refractivity contribution in [1.82, 2.24) is 0 Å². The molecule has 0 bridgehead atoms. The molecule has 0 heterocycles. The Morgan fingerprint density at radius 1 is 1.29 bits per heavy atom. The number of aliphatic hydroxyl groups excluding tert-OH is 1. The van der Waals surface area contributed by atoms with E-state index in [-0.39, 0.29) is 6.61 Å². The number of thioether (sulfide) groups is 1. The van der Waals surface area contributed by atoms with Crippen molar-refractivity contribution in [3.63, 3.8) is 0 Å². The summed E-state index contributed by atoms with van der Waals surface area (Å²) in [5.41, 5.74) is 1.17. The van der Waals surface area contributed by atoms with Crippen LogP contribution in [0.1, 0.15) is 35.2 Å². The third kappa shape index (κ3) is 4.79. The van der Waals surface area contributed by atoms with Crippen LogP contribution in [0.25, 0.3) is 0 Å². The Hall–Kier alpha value is -1.00. The monoisotopic (exact) mass is 254 g/mol. The van der Waals surface area contributed by atoms with E-state index in [2.05, 4.69) is 0 Å². The molecule has 0 atom stereocenters. The average molecular weight is 254 g/mol. The van der Waals surface area contributed by atoms with E-state index in [0.29, 0.717) is 5.56 Å². The summed E-state index contributed by atoms with van der Waals surface area (Å²) in [5.74, 6) is 0.0903. The van der Waals surface area contributed by atoms with Gasteiger partial charge in [0.05, 0.1) is 5.56 Å². The number of carboxylic acids is 1. The summed E-state index contributed by atoms with van der Waals surface area (Å²) < 4.78 is 0. The lowest BCUT2D eigenvalue weighted by Crippen LogP contribution is -1.99. The van der Waals surface area contributed by atoms with E-state index in [0.717, 1.165) is 35.5 Å². The number of unbranched alkanes of at least 4 members (excludes halogenated alkanes) is 2. The third-order valence-corrected chi connectivity index (χ3v) is 3.59. The van der Waals surface area contributed by atoms with Crippen molar-refractivity contribution in [3.05, 3.63) is 29.3 Å². The largest absolute Gasteiger partial charge is 0.478 e. The SMILES string of the molecule is Cc1ccc(SCCCCCO)cc1C(=O)O. The molecule has 0 aliphatic heterocycles. The van der Waals surface area contributed by atoms with E-state index in [4.69, 9.17) is 10.2 Å². The number of aromatic carboxylic acids is 1. The van der Waals surface area contributed by atoms with Gasteiger partial charge in [-0.25, -0.2) is 4.79 Å². The molecule has 0 radical (unpaired) electrons. The molecule has 1 aromatic carbocycles. The van der Waals surface area contributed by atoms with Crippen LogP contribution in [-0.4, -0.2) is 28.5 Å².